The lowest BCUT2D eigenvalue weighted by atomic mass is 10.0. The minimum Gasteiger partial charge on any atom is -0.483 e. The number of carbonyl (C=O) groups is 1. The van der Waals surface area contributed by atoms with Crippen LogP contribution in [0.15, 0.2) is 47.4 Å². The third-order valence-electron chi connectivity index (χ3n) is 4.71. The van der Waals surface area contributed by atoms with Crippen LogP contribution >= 0.6 is 0 Å². The van der Waals surface area contributed by atoms with Gasteiger partial charge in [0.2, 0.25) is 10.0 Å². The first-order chi connectivity index (χ1) is 14.6. The zero-order valence-corrected chi connectivity index (χ0v) is 18.9. The molecule has 0 aromatic heterocycles. The van der Waals surface area contributed by atoms with Crippen LogP contribution in [0, 0.1) is 11.8 Å². The summed E-state index contributed by atoms with van der Waals surface area (Å²) in [6, 6.07) is 11.6. The van der Waals surface area contributed by atoms with Gasteiger partial charge in [-0.05, 0) is 44.2 Å². The highest BCUT2D eigenvalue weighted by Gasteiger charge is 2.32. The topological polar surface area (TPSA) is 84.9 Å². The van der Waals surface area contributed by atoms with Gasteiger partial charge < -0.3 is 14.8 Å². The molecule has 0 saturated carbocycles. The quantitative estimate of drug-likeness (QED) is 0.695. The van der Waals surface area contributed by atoms with Gasteiger partial charge in [0.1, 0.15) is 12.2 Å². The number of nitrogens with zero attached hydrogens (tertiary/aromatic N) is 1. The summed E-state index contributed by atoms with van der Waals surface area (Å²) in [7, 11) is -0.612. The number of ether oxygens (including phenoxy) is 2. The molecule has 1 aliphatic rings. The van der Waals surface area contributed by atoms with E-state index in [-0.39, 0.29) is 29.6 Å². The van der Waals surface area contributed by atoms with E-state index in [1.54, 1.807) is 0 Å². The molecule has 0 radical (unpaired) electrons. The van der Waals surface area contributed by atoms with Gasteiger partial charge in [-0.3, -0.25) is 4.79 Å². The monoisotopic (exact) mass is 442 g/mol. The molecule has 164 valence electrons. The number of carbonyl (C=O) groups excluding carboxylic acids is 1. The summed E-state index contributed by atoms with van der Waals surface area (Å²) in [6.07, 6.45) is 0.833. The van der Waals surface area contributed by atoms with E-state index in [0.717, 1.165) is 22.0 Å². The van der Waals surface area contributed by atoms with E-state index in [0.29, 0.717) is 11.3 Å². The molecule has 1 N–H and O–H groups in total. The van der Waals surface area contributed by atoms with Crippen molar-refractivity contribution in [3.63, 3.8) is 0 Å². The Morgan fingerprint density at radius 3 is 2.55 bits per heavy atom. The number of fused-ring (bicyclic) bond motifs is 1. The van der Waals surface area contributed by atoms with Crippen molar-refractivity contribution in [2.75, 3.05) is 27.2 Å². The maximum atomic E-state index is 12.2. The molecule has 8 heteroatoms. The smallest absolute Gasteiger partial charge is 0.252 e. The Labute approximate surface area is 183 Å². The Balaban J connectivity index is 1.49. The van der Waals surface area contributed by atoms with Crippen molar-refractivity contribution in [3.8, 4) is 23.3 Å². The van der Waals surface area contributed by atoms with E-state index < -0.39 is 10.0 Å². The standard InChI is InChI=1S/C23H26N2O5S/c1-23(2)16-18-8-7-9-20(21(18)30-23)29-15-6-5-14-24-22(26)17-10-12-19(13-11-17)31(27,28)25(3)4/h7-13H,14-16H2,1-4H3,(H,24,26). The van der Waals surface area contributed by atoms with Crippen LogP contribution in [0.3, 0.4) is 0 Å². The average molecular weight is 443 g/mol. The lowest BCUT2D eigenvalue weighted by molar-refractivity contribution is 0.0958. The second-order valence-corrected chi connectivity index (χ2v) is 10.1. The molecule has 31 heavy (non-hydrogen) atoms. The van der Waals surface area contributed by atoms with Crippen LogP contribution in [0.2, 0.25) is 0 Å². The summed E-state index contributed by atoms with van der Waals surface area (Å²) in [5.74, 6) is 6.80. The van der Waals surface area contributed by atoms with Gasteiger partial charge in [0.05, 0.1) is 11.4 Å². The Hall–Kier alpha value is -3.02. The van der Waals surface area contributed by atoms with Gasteiger partial charge in [-0.1, -0.05) is 24.0 Å². The normalized spacial score (nSPS) is 14.2. The molecule has 0 aliphatic carbocycles. The molecule has 0 atom stereocenters. The summed E-state index contributed by atoms with van der Waals surface area (Å²) in [6.45, 7) is 4.39. The van der Waals surface area contributed by atoms with Crippen molar-refractivity contribution in [3.05, 3.63) is 53.6 Å². The fourth-order valence-electron chi connectivity index (χ4n) is 3.14. The summed E-state index contributed by atoms with van der Waals surface area (Å²) in [5, 5.41) is 2.68. The predicted octanol–water partition coefficient (Wildman–Crippen LogP) is 2.46. The van der Waals surface area contributed by atoms with Crippen LogP contribution in [-0.2, 0) is 16.4 Å². The molecule has 0 saturated heterocycles. The minimum absolute atomic E-state index is 0.130. The lowest BCUT2D eigenvalue weighted by Crippen LogP contribution is -2.24. The summed E-state index contributed by atoms with van der Waals surface area (Å²) < 4.78 is 36.9. The number of benzene rings is 2. The van der Waals surface area contributed by atoms with E-state index in [9.17, 15) is 13.2 Å². The number of rotatable bonds is 6. The zero-order valence-electron chi connectivity index (χ0n) is 18.1. The second-order valence-electron chi connectivity index (χ2n) is 7.92. The van der Waals surface area contributed by atoms with Gasteiger partial charge in [0, 0.05) is 31.6 Å². The number of nitrogens with one attached hydrogen (secondary N) is 1. The van der Waals surface area contributed by atoms with E-state index in [1.807, 2.05) is 32.0 Å². The number of amides is 1. The Bertz CT molecular complexity index is 1130. The van der Waals surface area contributed by atoms with Crippen molar-refractivity contribution in [2.24, 2.45) is 0 Å². The van der Waals surface area contributed by atoms with Crippen LogP contribution in [0.25, 0.3) is 0 Å². The molecule has 1 amide bonds. The first kappa shape index (κ1) is 22.7. The predicted molar refractivity (Wildman–Crippen MR) is 118 cm³/mol. The summed E-state index contributed by atoms with van der Waals surface area (Å²) in [5.41, 5.74) is 1.23. The lowest BCUT2D eigenvalue weighted by Gasteiger charge is -2.17. The average Bonchev–Trinajstić information content (AvgIpc) is 3.05. The van der Waals surface area contributed by atoms with Crippen LogP contribution in [-0.4, -0.2) is 51.5 Å². The third kappa shape index (κ3) is 5.37. The molecule has 0 unspecified atom stereocenters. The fraction of sp³-hybridized carbons (Fsp3) is 0.348. The van der Waals surface area contributed by atoms with Crippen molar-refractivity contribution in [2.45, 2.75) is 30.8 Å². The molecule has 3 rings (SSSR count). The largest absolute Gasteiger partial charge is 0.483 e. The molecule has 0 spiro atoms. The number of hydrogen-bond donors (Lipinski definition) is 1. The Morgan fingerprint density at radius 1 is 1.16 bits per heavy atom. The fourth-order valence-corrected chi connectivity index (χ4v) is 4.05. The van der Waals surface area contributed by atoms with Crippen molar-refractivity contribution in [1.29, 1.82) is 0 Å². The Kier molecular flexibility index (Phi) is 6.58. The zero-order chi connectivity index (χ0) is 22.6. The number of sulfonamides is 1. The highest BCUT2D eigenvalue weighted by Crippen LogP contribution is 2.41. The molecule has 2 aromatic carbocycles. The van der Waals surface area contributed by atoms with E-state index in [1.165, 1.54) is 38.4 Å². The molecule has 0 fully saturated rings. The van der Waals surface area contributed by atoms with Gasteiger partial charge in [-0.15, -0.1) is 0 Å². The number of hydrogen-bond acceptors (Lipinski definition) is 5. The van der Waals surface area contributed by atoms with Crippen LogP contribution < -0.4 is 14.8 Å². The van der Waals surface area contributed by atoms with Crippen LogP contribution in [0.4, 0.5) is 0 Å². The molecular formula is C23H26N2O5S. The first-order valence-corrected chi connectivity index (χ1v) is 11.2. The second kappa shape index (κ2) is 9.00. The van der Waals surface area contributed by atoms with Gasteiger partial charge in [-0.25, -0.2) is 12.7 Å². The van der Waals surface area contributed by atoms with Gasteiger partial charge in [0.25, 0.3) is 5.91 Å². The van der Waals surface area contributed by atoms with Crippen molar-refractivity contribution in [1.82, 2.24) is 9.62 Å². The minimum atomic E-state index is -3.52. The SMILES string of the molecule is CN(C)S(=O)(=O)c1ccc(C(=O)NCC#CCOc2cccc3c2OC(C)(C)C3)cc1. The summed E-state index contributed by atoms with van der Waals surface area (Å²) in [4.78, 5) is 12.3. The van der Waals surface area contributed by atoms with Crippen molar-refractivity contribution >= 4 is 15.9 Å². The van der Waals surface area contributed by atoms with Gasteiger partial charge in [-0.2, -0.15) is 0 Å². The molecule has 2 aromatic rings. The molecule has 7 nitrogen and oxygen atoms in total. The highest BCUT2D eigenvalue weighted by atomic mass is 32.2. The van der Waals surface area contributed by atoms with Crippen LogP contribution in [0.5, 0.6) is 11.5 Å². The Morgan fingerprint density at radius 2 is 1.87 bits per heavy atom. The van der Waals surface area contributed by atoms with E-state index in [4.69, 9.17) is 9.47 Å². The highest BCUT2D eigenvalue weighted by molar-refractivity contribution is 7.89. The maximum Gasteiger partial charge on any atom is 0.252 e. The summed E-state index contributed by atoms with van der Waals surface area (Å²) >= 11 is 0. The van der Waals surface area contributed by atoms with Crippen molar-refractivity contribution < 1.29 is 22.7 Å². The number of para-hydroxylation sites is 1. The molecule has 1 aliphatic heterocycles. The molecule has 0 bridgehead atoms. The molecule has 1 heterocycles. The first-order valence-electron chi connectivity index (χ1n) is 9.80. The van der Waals surface area contributed by atoms with Crippen LogP contribution in [0.1, 0.15) is 29.8 Å². The van der Waals surface area contributed by atoms with E-state index in [2.05, 4.69) is 17.2 Å². The van der Waals surface area contributed by atoms with E-state index >= 15 is 0 Å². The third-order valence-corrected chi connectivity index (χ3v) is 6.54. The van der Waals surface area contributed by atoms with Gasteiger partial charge in [0.15, 0.2) is 11.5 Å². The maximum absolute atomic E-state index is 12.2. The molecular weight excluding hydrogens is 416 g/mol. The van der Waals surface area contributed by atoms with Gasteiger partial charge >= 0.3 is 0 Å².